The summed E-state index contributed by atoms with van der Waals surface area (Å²) in [5.41, 5.74) is 2.46. The molecule has 4 rings (SSSR count). The van der Waals surface area contributed by atoms with E-state index in [9.17, 15) is 29.8 Å². The highest BCUT2D eigenvalue weighted by Crippen LogP contribution is 2.41. The summed E-state index contributed by atoms with van der Waals surface area (Å²) in [5.74, 6) is -0.580. The highest BCUT2D eigenvalue weighted by Gasteiger charge is 2.41. The van der Waals surface area contributed by atoms with E-state index in [1.165, 1.54) is 24.3 Å². The summed E-state index contributed by atoms with van der Waals surface area (Å²) >= 11 is 0. The van der Waals surface area contributed by atoms with Gasteiger partial charge in [-0.2, -0.15) is 0 Å². The van der Waals surface area contributed by atoms with Crippen LogP contribution in [-0.4, -0.2) is 21.4 Å². The molecule has 0 radical (unpaired) electrons. The van der Waals surface area contributed by atoms with Gasteiger partial charge in [-0.05, 0) is 78.0 Å². The molecule has 0 heterocycles. The average molecular weight is 418 g/mol. The van der Waals surface area contributed by atoms with Gasteiger partial charge >= 0.3 is 0 Å². The maximum Gasteiger partial charge on any atom is 0.269 e. The Hall–Kier alpha value is -3.94. The van der Waals surface area contributed by atoms with Crippen LogP contribution in [0.25, 0.3) is 12.2 Å². The highest BCUT2D eigenvalue weighted by molar-refractivity contribution is 6.10. The fraction of sp³-hybridized carbons (Fsp3) is 0.217. The van der Waals surface area contributed by atoms with Crippen LogP contribution in [0.4, 0.5) is 11.4 Å². The summed E-state index contributed by atoms with van der Waals surface area (Å²) in [5, 5.41) is 21.6. The van der Waals surface area contributed by atoms with Crippen molar-refractivity contribution >= 4 is 35.1 Å². The second-order valence-electron chi connectivity index (χ2n) is 7.80. The summed E-state index contributed by atoms with van der Waals surface area (Å²) in [6.07, 6.45) is 4.62. The summed E-state index contributed by atoms with van der Waals surface area (Å²) < 4.78 is 0. The van der Waals surface area contributed by atoms with Crippen molar-refractivity contribution in [3.8, 4) is 0 Å². The van der Waals surface area contributed by atoms with Gasteiger partial charge in [0.2, 0.25) is 0 Å². The molecule has 2 saturated carbocycles. The van der Waals surface area contributed by atoms with Gasteiger partial charge in [0.1, 0.15) is 0 Å². The molecule has 2 aliphatic rings. The Labute approximate surface area is 177 Å². The fourth-order valence-corrected chi connectivity index (χ4v) is 4.21. The molecule has 8 heteroatoms. The number of carbonyl (C=O) groups excluding carboxylic acids is 2. The standard InChI is InChI=1S/C23H18N2O6/c26-22-16(9-14-1-5-20(6-2-14)24(28)29)11-18-13-19(22)12-17(23(18)27)10-15-3-7-21(8-4-15)25(30)31/h1-10,18-19H,11-13H2/b16-9-,17-10+/t18-,19-/m0/s1. The van der Waals surface area contributed by atoms with Crippen molar-refractivity contribution < 1.29 is 19.4 Å². The molecule has 2 fully saturated rings. The second kappa shape index (κ2) is 8.06. The van der Waals surface area contributed by atoms with Crippen LogP contribution >= 0.6 is 0 Å². The molecule has 0 amide bonds. The van der Waals surface area contributed by atoms with E-state index < -0.39 is 9.85 Å². The number of ketones is 2. The Bertz CT molecular complexity index is 1050. The third-order valence-corrected chi connectivity index (χ3v) is 5.77. The molecule has 0 saturated heterocycles. The van der Waals surface area contributed by atoms with Crippen molar-refractivity contribution in [2.24, 2.45) is 11.8 Å². The maximum atomic E-state index is 12.9. The zero-order valence-electron chi connectivity index (χ0n) is 16.4. The fourth-order valence-electron chi connectivity index (χ4n) is 4.21. The minimum atomic E-state index is -0.482. The van der Waals surface area contributed by atoms with Gasteiger partial charge in [-0.15, -0.1) is 0 Å². The number of hydrogen-bond donors (Lipinski definition) is 0. The Morgan fingerprint density at radius 1 is 0.677 bits per heavy atom. The van der Waals surface area contributed by atoms with E-state index in [4.69, 9.17) is 0 Å². The zero-order chi connectivity index (χ0) is 22.1. The average Bonchev–Trinajstić information content (AvgIpc) is 2.75. The number of hydrogen-bond acceptors (Lipinski definition) is 6. The lowest BCUT2D eigenvalue weighted by Gasteiger charge is -2.35. The molecule has 156 valence electrons. The minimum Gasteiger partial charge on any atom is -0.294 e. The van der Waals surface area contributed by atoms with Crippen LogP contribution in [0.15, 0.2) is 59.7 Å². The molecule has 0 unspecified atom stereocenters. The molecular weight excluding hydrogens is 400 g/mol. The number of allylic oxidation sites excluding steroid dienone is 2. The number of fused-ring (bicyclic) bond motifs is 2. The lowest BCUT2D eigenvalue weighted by molar-refractivity contribution is -0.385. The van der Waals surface area contributed by atoms with Gasteiger partial charge in [0.15, 0.2) is 11.6 Å². The van der Waals surface area contributed by atoms with Gasteiger partial charge in [-0.1, -0.05) is 0 Å². The van der Waals surface area contributed by atoms with Crippen LogP contribution in [0.5, 0.6) is 0 Å². The quantitative estimate of drug-likeness (QED) is 0.408. The van der Waals surface area contributed by atoms with Gasteiger partial charge in [0, 0.05) is 36.1 Å². The molecule has 2 aromatic rings. The number of nitro groups is 2. The van der Waals surface area contributed by atoms with Crippen LogP contribution in [0.3, 0.4) is 0 Å². The van der Waals surface area contributed by atoms with Crippen LogP contribution < -0.4 is 0 Å². The van der Waals surface area contributed by atoms with E-state index in [0.717, 1.165) is 0 Å². The maximum absolute atomic E-state index is 12.9. The monoisotopic (exact) mass is 418 g/mol. The number of benzene rings is 2. The lowest BCUT2D eigenvalue weighted by atomic mass is 9.66. The van der Waals surface area contributed by atoms with Crippen LogP contribution in [-0.2, 0) is 9.59 Å². The molecule has 0 spiro atoms. The van der Waals surface area contributed by atoms with E-state index in [0.29, 0.717) is 41.5 Å². The van der Waals surface area contributed by atoms with Crippen molar-refractivity contribution in [1.82, 2.24) is 0 Å². The Morgan fingerprint density at radius 3 is 1.35 bits per heavy atom. The Balaban J connectivity index is 1.55. The number of nitro benzene ring substituents is 2. The number of carbonyl (C=O) groups is 2. The van der Waals surface area contributed by atoms with Gasteiger partial charge in [0.05, 0.1) is 9.85 Å². The third-order valence-electron chi connectivity index (χ3n) is 5.77. The molecule has 0 aromatic heterocycles. The molecule has 0 N–H and O–H groups in total. The predicted octanol–water partition coefficient (Wildman–Crippen LogP) is 4.54. The molecule has 2 aromatic carbocycles. The van der Waals surface area contributed by atoms with Crippen molar-refractivity contribution in [2.45, 2.75) is 19.3 Å². The topological polar surface area (TPSA) is 120 Å². The van der Waals surface area contributed by atoms with Crippen molar-refractivity contribution in [2.75, 3.05) is 0 Å². The van der Waals surface area contributed by atoms with Crippen molar-refractivity contribution in [1.29, 1.82) is 0 Å². The van der Waals surface area contributed by atoms with E-state index in [-0.39, 0.29) is 34.8 Å². The van der Waals surface area contributed by atoms with E-state index in [2.05, 4.69) is 0 Å². The molecule has 2 atom stereocenters. The number of nitrogens with zero attached hydrogens (tertiary/aromatic N) is 2. The summed E-state index contributed by atoms with van der Waals surface area (Å²) in [6, 6.07) is 11.9. The molecular formula is C23H18N2O6. The van der Waals surface area contributed by atoms with E-state index in [1.807, 2.05) is 0 Å². The van der Waals surface area contributed by atoms with Crippen LogP contribution in [0, 0.1) is 32.1 Å². The third kappa shape index (κ3) is 4.18. The van der Waals surface area contributed by atoms with Gasteiger partial charge < -0.3 is 0 Å². The smallest absolute Gasteiger partial charge is 0.269 e. The molecule has 2 bridgehead atoms. The first-order chi connectivity index (χ1) is 14.8. The van der Waals surface area contributed by atoms with Gasteiger partial charge in [-0.3, -0.25) is 29.8 Å². The Kier molecular flexibility index (Phi) is 5.29. The first kappa shape index (κ1) is 20.3. The summed E-state index contributed by atoms with van der Waals surface area (Å²) in [4.78, 5) is 46.5. The van der Waals surface area contributed by atoms with Gasteiger partial charge in [0.25, 0.3) is 11.4 Å². The largest absolute Gasteiger partial charge is 0.294 e. The number of Topliss-reactive ketones (excluding diaryl/α,β-unsaturated/α-hetero) is 2. The summed E-state index contributed by atoms with van der Waals surface area (Å²) in [7, 11) is 0. The first-order valence-corrected chi connectivity index (χ1v) is 9.80. The molecule has 31 heavy (non-hydrogen) atoms. The Morgan fingerprint density at radius 2 is 1.03 bits per heavy atom. The lowest BCUT2D eigenvalue weighted by Crippen LogP contribution is -2.37. The van der Waals surface area contributed by atoms with Crippen molar-refractivity contribution in [3.05, 3.63) is 91.0 Å². The molecule has 0 aliphatic heterocycles. The predicted molar refractivity (Wildman–Crippen MR) is 113 cm³/mol. The number of non-ortho nitro benzene ring substituents is 2. The normalized spacial score (nSPS) is 23.2. The SMILES string of the molecule is O=C1/C(=C\c2ccc([N+](=O)[O-])cc2)C[C@H]2C[C@@H]1C/C(=C\c1ccc([N+](=O)[O-])cc1)C2=O. The van der Waals surface area contributed by atoms with Gasteiger partial charge in [-0.25, -0.2) is 0 Å². The summed E-state index contributed by atoms with van der Waals surface area (Å²) in [6.45, 7) is 0. The number of rotatable bonds is 4. The first-order valence-electron chi connectivity index (χ1n) is 9.80. The van der Waals surface area contributed by atoms with Crippen LogP contribution in [0.2, 0.25) is 0 Å². The molecule has 2 aliphatic carbocycles. The second-order valence-corrected chi connectivity index (χ2v) is 7.80. The van der Waals surface area contributed by atoms with E-state index >= 15 is 0 Å². The molecule has 8 nitrogen and oxygen atoms in total. The van der Waals surface area contributed by atoms with Crippen LogP contribution in [0.1, 0.15) is 30.4 Å². The van der Waals surface area contributed by atoms with Crippen molar-refractivity contribution in [3.63, 3.8) is 0 Å². The van der Waals surface area contributed by atoms with E-state index in [1.54, 1.807) is 36.4 Å². The zero-order valence-corrected chi connectivity index (χ0v) is 16.4. The minimum absolute atomic E-state index is 0.00305. The highest BCUT2D eigenvalue weighted by atomic mass is 16.6.